The molecule has 1 unspecified atom stereocenters. The van der Waals surface area contributed by atoms with Gasteiger partial charge in [-0.05, 0) is 54.1 Å². The Balaban J connectivity index is 1.51. The summed E-state index contributed by atoms with van der Waals surface area (Å²) < 4.78 is 5.85. The number of carboxylic acid groups (broad SMARTS) is 1. The number of thiocarbonyl (C=S) groups is 1. The summed E-state index contributed by atoms with van der Waals surface area (Å²) in [4.78, 5) is 39.1. The largest absolute Gasteiger partial charge is 0.483 e. The summed E-state index contributed by atoms with van der Waals surface area (Å²) >= 11 is 18.4. The molecule has 1 saturated heterocycles. The van der Waals surface area contributed by atoms with E-state index in [1.54, 1.807) is 66.7 Å². The predicted octanol–water partition coefficient (Wildman–Crippen LogP) is 5.91. The number of amides is 2. The van der Waals surface area contributed by atoms with Crippen LogP contribution in [0.1, 0.15) is 11.1 Å². The van der Waals surface area contributed by atoms with Gasteiger partial charge in [-0.15, -0.1) is 0 Å². The number of thioether (sulfide) groups is 1. The minimum absolute atomic E-state index is 0.101. The lowest BCUT2D eigenvalue weighted by Crippen LogP contribution is -2.45. The van der Waals surface area contributed by atoms with Crippen molar-refractivity contribution < 1.29 is 24.2 Å². The van der Waals surface area contributed by atoms with Crippen LogP contribution in [-0.4, -0.2) is 44.8 Å². The highest BCUT2D eigenvalue weighted by Gasteiger charge is 2.40. The normalized spacial score (nSPS) is 15.0. The molecule has 0 radical (unpaired) electrons. The number of halogens is 2. The van der Waals surface area contributed by atoms with Gasteiger partial charge in [-0.25, -0.2) is 4.79 Å². The van der Waals surface area contributed by atoms with E-state index in [9.17, 15) is 19.5 Å². The molecular weight excluding hydrogens is 567 g/mol. The predicted molar refractivity (Wildman–Crippen MR) is 154 cm³/mol. The lowest BCUT2D eigenvalue weighted by atomic mass is 10.0. The summed E-state index contributed by atoms with van der Waals surface area (Å²) in [6.45, 7) is -0.301. The van der Waals surface area contributed by atoms with Gasteiger partial charge in [-0.3, -0.25) is 14.5 Å². The topological polar surface area (TPSA) is 95.9 Å². The van der Waals surface area contributed by atoms with Crippen molar-refractivity contribution in [1.82, 2.24) is 4.90 Å². The van der Waals surface area contributed by atoms with E-state index >= 15 is 0 Å². The van der Waals surface area contributed by atoms with Crippen LogP contribution in [0.2, 0.25) is 10.0 Å². The van der Waals surface area contributed by atoms with Crippen molar-refractivity contribution in [2.75, 3.05) is 11.9 Å². The maximum atomic E-state index is 13.3. The molecule has 1 atom stereocenters. The molecule has 4 rings (SSSR count). The summed E-state index contributed by atoms with van der Waals surface area (Å²) in [5.74, 6) is -1.78. The van der Waals surface area contributed by atoms with Crippen LogP contribution < -0.4 is 10.1 Å². The van der Waals surface area contributed by atoms with E-state index in [1.807, 2.05) is 6.07 Å². The van der Waals surface area contributed by atoms with Crippen LogP contribution in [0.3, 0.4) is 0 Å². The number of nitrogens with zero attached hydrogens (tertiary/aromatic N) is 1. The number of rotatable bonds is 9. The maximum absolute atomic E-state index is 13.3. The average molecular weight is 588 g/mol. The number of carbonyl (C=O) groups excluding carboxylic acids is 2. The Bertz CT molecular complexity index is 1410. The summed E-state index contributed by atoms with van der Waals surface area (Å²) in [6, 6.07) is 19.2. The van der Waals surface area contributed by atoms with Gasteiger partial charge in [0.25, 0.3) is 11.8 Å². The molecule has 1 aliphatic rings. The van der Waals surface area contributed by atoms with E-state index < -0.39 is 23.8 Å². The first kappa shape index (κ1) is 27.7. The highest BCUT2D eigenvalue weighted by Crippen LogP contribution is 2.36. The SMILES string of the molecule is O=C(COc1ccc(Cl)cc1/C=C1\SC(=S)N(C(Cc2ccccc2)C(=O)O)C1=O)Nc1ccc(Cl)cc1. The quantitative estimate of drug-likeness (QED) is 0.238. The van der Waals surface area contributed by atoms with Crippen LogP contribution in [0.25, 0.3) is 6.08 Å². The molecule has 1 heterocycles. The highest BCUT2D eigenvalue weighted by atomic mass is 35.5. The summed E-state index contributed by atoms with van der Waals surface area (Å²) in [6.07, 6.45) is 1.63. The van der Waals surface area contributed by atoms with Crippen molar-refractivity contribution in [2.45, 2.75) is 12.5 Å². The molecule has 2 N–H and O–H groups in total. The van der Waals surface area contributed by atoms with Gasteiger partial charge in [0, 0.05) is 27.7 Å². The van der Waals surface area contributed by atoms with E-state index in [-0.39, 0.29) is 22.3 Å². The zero-order valence-electron chi connectivity index (χ0n) is 19.6. The van der Waals surface area contributed by atoms with Gasteiger partial charge >= 0.3 is 5.97 Å². The summed E-state index contributed by atoms with van der Waals surface area (Å²) in [5, 5.41) is 13.5. The third-order valence-corrected chi connectivity index (χ3v) is 7.25. The first-order chi connectivity index (χ1) is 18.2. The number of ether oxygens (including phenoxy) is 1. The van der Waals surface area contributed by atoms with Crippen molar-refractivity contribution in [3.63, 3.8) is 0 Å². The number of aliphatic carboxylic acids is 1. The van der Waals surface area contributed by atoms with Crippen LogP contribution >= 0.6 is 47.2 Å². The second-order valence-electron chi connectivity index (χ2n) is 8.12. The minimum atomic E-state index is -1.16. The van der Waals surface area contributed by atoms with Crippen LogP contribution in [0.5, 0.6) is 5.75 Å². The number of carbonyl (C=O) groups is 3. The molecular formula is C27H20Cl2N2O5S2. The first-order valence-corrected chi connectivity index (χ1v) is 13.2. The van der Waals surface area contributed by atoms with Gasteiger partial charge in [0.05, 0.1) is 4.91 Å². The van der Waals surface area contributed by atoms with E-state index in [4.69, 9.17) is 40.2 Å². The molecule has 11 heteroatoms. The number of hydrogen-bond acceptors (Lipinski definition) is 6. The molecule has 7 nitrogen and oxygen atoms in total. The van der Waals surface area contributed by atoms with Crippen molar-refractivity contribution in [1.29, 1.82) is 0 Å². The van der Waals surface area contributed by atoms with Gasteiger partial charge in [0.2, 0.25) is 0 Å². The van der Waals surface area contributed by atoms with Gasteiger partial charge in [-0.1, -0.05) is 77.5 Å². The second kappa shape index (κ2) is 12.4. The Morgan fingerprint density at radius 2 is 1.74 bits per heavy atom. The molecule has 1 fully saturated rings. The molecule has 0 aliphatic carbocycles. The standard InChI is InChI=1S/C27H20Cl2N2O5S2/c28-18-6-9-20(10-7-18)30-24(32)15-36-22-11-8-19(29)13-17(22)14-23-25(33)31(27(37)38-23)21(26(34)35)12-16-4-2-1-3-5-16/h1-11,13-14,21H,12,15H2,(H,30,32)(H,34,35)/b23-14-. The fourth-order valence-electron chi connectivity index (χ4n) is 3.65. The Labute approximate surface area is 238 Å². The number of benzene rings is 3. The Morgan fingerprint density at radius 3 is 2.42 bits per heavy atom. The molecule has 2 amide bonds. The molecule has 0 spiro atoms. The molecule has 0 saturated carbocycles. The maximum Gasteiger partial charge on any atom is 0.327 e. The number of hydrogen-bond donors (Lipinski definition) is 2. The number of carboxylic acids is 1. The Hall–Kier alpha value is -3.37. The van der Waals surface area contributed by atoms with Gasteiger partial charge < -0.3 is 15.2 Å². The molecule has 0 aromatic heterocycles. The zero-order chi connectivity index (χ0) is 27.2. The van der Waals surface area contributed by atoms with Crippen molar-refractivity contribution in [3.8, 4) is 5.75 Å². The lowest BCUT2D eigenvalue weighted by Gasteiger charge is -2.23. The molecule has 194 valence electrons. The number of anilines is 1. The monoisotopic (exact) mass is 586 g/mol. The van der Waals surface area contributed by atoms with E-state index in [0.717, 1.165) is 22.2 Å². The molecule has 38 heavy (non-hydrogen) atoms. The third kappa shape index (κ3) is 6.93. The van der Waals surface area contributed by atoms with Gasteiger partial charge in [-0.2, -0.15) is 0 Å². The Morgan fingerprint density at radius 1 is 1.05 bits per heavy atom. The third-order valence-electron chi connectivity index (χ3n) is 5.44. The second-order valence-corrected chi connectivity index (χ2v) is 10.7. The fourth-order valence-corrected chi connectivity index (χ4v) is 5.31. The summed E-state index contributed by atoms with van der Waals surface area (Å²) in [5.41, 5.74) is 1.76. The van der Waals surface area contributed by atoms with E-state index in [0.29, 0.717) is 27.0 Å². The van der Waals surface area contributed by atoms with Gasteiger partial charge in [0.1, 0.15) is 16.1 Å². The molecule has 1 aliphatic heterocycles. The average Bonchev–Trinajstić information content (AvgIpc) is 3.16. The fraction of sp³-hybridized carbons (Fsp3) is 0.111. The molecule has 3 aromatic rings. The van der Waals surface area contributed by atoms with Gasteiger partial charge in [0.15, 0.2) is 6.61 Å². The van der Waals surface area contributed by atoms with Crippen molar-refractivity contribution in [3.05, 3.63) is 98.9 Å². The minimum Gasteiger partial charge on any atom is -0.483 e. The lowest BCUT2D eigenvalue weighted by molar-refractivity contribution is -0.145. The van der Waals surface area contributed by atoms with E-state index in [1.165, 1.54) is 6.08 Å². The van der Waals surface area contributed by atoms with E-state index in [2.05, 4.69) is 5.32 Å². The van der Waals surface area contributed by atoms with Crippen LogP contribution in [0.4, 0.5) is 5.69 Å². The van der Waals surface area contributed by atoms with Crippen LogP contribution in [-0.2, 0) is 20.8 Å². The van der Waals surface area contributed by atoms with Crippen molar-refractivity contribution in [2.24, 2.45) is 0 Å². The molecule has 3 aromatic carbocycles. The highest BCUT2D eigenvalue weighted by molar-refractivity contribution is 8.26. The smallest absolute Gasteiger partial charge is 0.327 e. The summed E-state index contributed by atoms with van der Waals surface area (Å²) in [7, 11) is 0. The first-order valence-electron chi connectivity index (χ1n) is 11.2. The van der Waals surface area contributed by atoms with Crippen LogP contribution in [0, 0.1) is 0 Å². The Kier molecular flexibility index (Phi) is 9.06. The molecule has 0 bridgehead atoms. The van der Waals surface area contributed by atoms with Crippen LogP contribution in [0.15, 0.2) is 77.7 Å². The zero-order valence-corrected chi connectivity index (χ0v) is 22.7. The van der Waals surface area contributed by atoms with Crippen molar-refractivity contribution >= 4 is 81.0 Å². The number of nitrogens with one attached hydrogen (secondary N) is 1.